The topological polar surface area (TPSA) is 119 Å². The van der Waals surface area contributed by atoms with E-state index in [-0.39, 0.29) is 35.2 Å². The second-order valence-electron chi connectivity index (χ2n) is 7.53. The summed E-state index contributed by atoms with van der Waals surface area (Å²) >= 11 is 6.45. The van der Waals surface area contributed by atoms with Crippen LogP contribution in [0.1, 0.15) is 42.0 Å². The molecule has 0 radical (unpaired) electrons. The Labute approximate surface area is 190 Å². The molecule has 0 aliphatic carbocycles. The molecule has 0 spiro atoms. The van der Waals surface area contributed by atoms with E-state index in [1.165, 1.54) is 6.33 Å². The standard InChI is InChI=1S/C22H22ClN7O2/c1-12(28-21-19(25-2)20(24)26-11-27-21)16-10-13-4-3-5-15(23)17(13)18(30-16)22(31)29-14-6-8-32-9-7-14/h3-5,10-12,14H,6-9H2,1H3,(H,29,31)(H3,24,26,27,28)/t12-/m0/s1. The third-order valence-electron chi connectivity index (χ3n) is 5.36. The number of ether oxygens (including phenoxy) is 1. The lowest BCUT2D eigenvalue weighted by atomic mass is 10.0. The highest BCUT2D eigenvalue weighted by Gasteiger charge is 2.23. The molecule has 1 atom stereocenters. The zero-order valence-corrected chi connectivity index (χ0v) is 18.2. The quantitative estimate of drug-likeness (QED) is 0.503. The Kier molecular flexibility index (Phi) is 6.35. The van der Waals surface area contributed by atoms with Gasteiger partial charge in [-0.1, -0.05) is 23.7 Å². The van der Waals surface area contributed by atoms with Crippen LogP contribution in [0, 0.1) is 6.57 Å². The number of aromatic nitrogens is 3. The molecule has 1 amide bonds. The second-order valence-corrected chi connectivity index (χ2v) is 7.93. The monoisotopic (exact) mass is 451 g/mol. The minimum atomic E-state index is -0.372. The van der Waals surface area contributed by atoms with E-state index in [1.54, 1.807) is 6.07 Å². The number of halogens is 1. The number of benzene rings is 1. The van der Waals surface area contributed by atoms with Crippen molar-refractivity contribution in [3.05, 3.63) is 58.4 Å². The fraction of sp³-hybridized carbons (Fsp3) is 0.318. The Balaban J connectivity index is 1.70. The van der Waals surface area contributed by atoms with Crippen LogP contribution in [0.2, 0.25) is 5.02 Å². The van der Waals surface area contributed by atoms with Gasteiger partial charge in [-0.25, -0.2) is 19.8 Å². The lowest BCUT2D eigenvalue weighted by Gasteiger charge is -2.23. The summed E-state index contributed by atoms with van der Waals surface area (Å²) in [6, 6.07) is 6.98. The Bertz CT molecular complexity index is 1200. The van der Waals surface area contributed by atoms with Crippen LogP contribution in [0.4, 0.5) is 17.3 Å². The first-order valence-electron chi connectivity index (χ1n) is 10.2. The maximum atomic E-state index is 13.2. The first kappa shape index (κ1) is 21.7. The molecule has 1 aromatic carbocycles. The van der Waals surface area contributed by atoms with Crippen molar-refractivity contribution in [1.82, 2.24) is 20.3 Å². The van der Waals surface area contributed by atoms with Gasteiger partial charge in [0.15, 0.2) is 0 Å². The molecular formula is C22H22ClN7O2. The lowest BCUT2D eigenvalue weighted by molar-refractivity contribution is 0.0695. The van der Waals surface area contributed by atoms with Crippen LogP contribution < -0.4 is 16.4 Å². The molecule has 9 nitrogen and oxygen atoms in total. The van der Waals surface area contributed by atoms with Gasteiger partial charge in [0.2, 0.25) is 0 Å². The molecule has 10 heteroatoms. The van der Waals surface area contributed by atoms with Crippen molar-refractivity contribution in [3.8, 4) is 0 Å². The molecule has 1 saturated heterocycles. The van der Waals surface area contributed by atoms with Gasteiger partial charge in [0.1, 0.15) is 23.7 Å². The maximum Gasteiger partial charge on any atom is 0.270 e. The number of pyridine rings is 1. The maximum absolute atomic E-state index is 13.2. The number of hydrogen-bond donors (Lipinski definition) is 3. The van der Waals surface area contributed by atoms with Gasteiger partial charge >= 0.3 is 0 Å². The molecule has 3 heterocycles. The van der Waals surface area contributed by atoms with Gasteiger partial charge in [0.25, 0.3) is 11.6 Å². The average molecular weight is 452 g/mol. The number of carbonyl (C=O) groups excluding carboxylic acids is 1. The van der Waals surface area contributed by atoms with Crippen LogP contribution in [0.25, 0.3) is 15.6 Å². The summed E-state index contributed by atoms with van der Waals surface area (Å²) < 4.78 is 5.37. The number of fused-ring (bicyclic) bond motifs is 1. The molecule has 0 unspecified atom stereocenters. The van der Waals surface area contributed by atoms with E-state index < -0.39 is 0 Å². The smallest absolute Gasteiger partial charge is 0.270 e. The average Bonchev–Trinajstić information content (AvgIpc) is 2.79. The summed E-state index contributed by atoms with van der Waals surface area (Å²) in [6.45, 7) is 10.5. The van der Waals surface area contributed by atoms with Crippen molar-refractivity contribution < 1.29 is 9.53 Å². The second kappa shape index (κ2) is 9.34. The molecule has 2 aromatic heterocycles. The first-order valence-corrected chi connectivity index (χ1v) is 10.6. The van der Waals surface area contributed by atoms with Crippen molar-refractivity contribution in [2.24, 2.45) is 0 Å². The zero-order chi connectivity index (χ0) is 22.7. The summed E-state index contributed by atoms with van der Waals surface area (Å²) in [7, 11) is 0. The van der Waals surface area contributed by atoms with Crippen molar-refractivity contribution in [3.63, 3.8) is 0 Å². The molecule has 4 N–H and O–H groups in total. The highest BCUT2D eigenvalue weighted by Crippen LogP contribution is 2.32. The molecule has 1 aliphatic rings. The van der Waals surface area contributed by atoms with Gasteiger partial charge in [-0.15, -0.1) is 0 Å². The minimum absolute atomic E-state index is 0.0278. The van der Waals surface area contributed by atoms with Crippen molar-refractivity contribution in [2.75, 3.05) is 24.3 Å². The highest BCUT2D eigenvalue weighted by atomic mass is 35.5. The lowest BCUT2D eigenvalue weighted by Crippen LogP contribution is -2.39. The molecule has 3 aromatic rings. The third-order valence-corrected chi connectivity index (χ3v) is 5.67. The van der Waals surface area contributed by atoms with E-state index in [2.05, 4.69) is 30.4 Å². The predicted molar refractivity (Wildman–Crippen MR) is 123 cm³/mol. The van der Waals surface area contributed by atoms with E-state index in [9.17, 15) is 4.79 Å². The van der Waals surface area contributed by atoms with Crippen LogP contribution in [-0.4, -0.2) is 40.1 Å². The Morgan fingerprint density at radius 2 is 2.12 bits per heavy atom. The number of nitrogen functional groups attached to an aromatic ring is 1. The molecule has 1 fully saturated rings. The van der Waals surface area contributed by atoms with Crippen LogP contribution in [-0.2, 0) is 4.74 Å². The number of rotatable bonds is 5. The van der Waals surface area contributed by atoms with Gasteiger partial charge in [0, 0.05) is 24.6 Å². The van der Waals surface area contributed by atoms with Crippen molar-refractivity contribution in [1.29, 1.82) is 0 Å². The van der Waals surface area contributed by atoms with E-state index in [0.29, 0.717) is 35.1 Å². The van der Waals surface area contributed by atoms with Gasteiger partial charge in [-0.05, 0) is 37.3 Å². The van der Waals surface area contributed by atoms with Crippen LogP contribution in [0.15, 0.2) is 30.6 Å². The minimum Gasteiger partial charge on any atom is -0.392 e. The largest absolute Gasteiger partial charge is 0.392 e. The van der Waals surface area contributed by atoms with Crippen molar-refractivity contribution >= 4 is 45.6 Å². The van der Waals surface area contributed by atoms with Gasteiger partial charge < -0.3 is 21.1 Å². The van der Waals surface area contributed by atoms with Crippen LogP contribution in [0.5, 0.6) is 0 Å². The summed E-state index contributed by atoms with van der Waals surface area (Å²) in [6.07, 6.45) is 2.80. The van der Waals surface area contributed by atoms with E-state index >= 15 is 0 Å². The number of anilines is 2. The SMILES string of the molecule is [C-]#[N+]c1c(N)ncnc1N[C@@H](C)c1cc2cccc(Cl)c2c(C(=O)NC2CCOCC2)n1. The van der Waals surface area contributed by atoms with E-state index in [1.807, 2.05) is 25.1 Å². The fourth-order valence-corrected chi connectivity index (χ4v) is 3.93. The number of amides is 1. The molecule has 0 saturated carbocycles. The molecule has 0 bridgehead atoms. The fourth-order valence-electron chi connectivity index (χ4n) is 3.66. The molecule has 164 valence electrons. The molecule has 32 heavy (non-hydrogen) atoms. The van der Waals surface area contributed by atoms with Crippen LogP contribution in [0.3, 0.4) is 0 Å². The summed E-state index contributed by atoms with van der Waals surface area (Å²) in [4.78, 5) is 29.2. The predicted octanol–water partition coefficient (Wildman–Crippen LogP) is 3.89. The normalized spacial score (nSPS) is 15.2. The van der Waals surface area contributed by atoms with Gasteiger partial charge in [-0.3, -0.25) is 4.79 Å². The number of nitrogens with two attached hydrogens (primary N) is 1. The van der Waals surface area contributed by atoms with Crippen molar-refractivity contribution in [2.45, 2.75) is 31.8 Å². The number of nitrogens with zero attached hydrogens (tertiary/aromatic N) is 4. The third kappa shape index (κ3) is 4.42. The highest BCUT2D eigenvalue weighted by molar-refractivity contribution is 6.36. The molecule has 1 aliphatic heterocycles. The number of nitrogens with one attached hydrogen (secondary N) is 2. The van der Waals surface area contributed by atoms with Gasteiger partial charge in [-0.2, -0.15) is 0 Å². The molecular weight excluding hydrogens is 430 g/mol. The van der Waals surface area contributed by atoms with E-state index in [0.717, 1.165) is 18.2 Å². The Hall–Kier alpha value is -3.48. The van der Waals surface area contributed by atoms with Crippen LogP contribution >= 0.6 is 11.6 Å². The summed E-state index contributed by atoms with van der Waals surface area (Å²) in [5.74, 6) is 0.123. The van der Waals surface area contributed by atoms with Gasteiger partial charge in [0.05, 0.1) is 23.3 Å². The Morgan fingerprint density at radius 1 is 1.34 bits per heavy atom. The number of hydrogen-bond acceptors (Lipinski definition) is 7. The first-order chi connectivity index (χ1) is 15.5. The molecule has 4 rings (SSSR count). The van der Waals surface area contributed by atoms with E-state index in [4.69, 9.17) is 28.6 Å². The number of carbonyl (C=O) groups is 1. The summed E-state index contributed by atoms with van der Waals surface area (Å²) in [5, 5.41) is 8.06. The zero-order valence-electron chi connectivity index (χ0n) is 17.4. The summed E-state index contributed by atoms with van der Waals surface area (Å²) in [5.41, 5.74) is 6.79. The Morgan fingerprint density at radius 3 is 2.88 bits per heavy atom.